The second-order valence-electron chi connectivity index (χ2n) is 8.67. The van der Waals surface area contributed by atoms with Crippen molar-refractivity contribution in [3.8, 4) is 22.8 Å². The molecule has 3 aromatic heterocycles. The number of hydrogen-bond acceptors (Lipinski definition) is 8. The molecule has 1 aliphatic rings. The molecule has 0 aliphatic carbocycles. The maximum atomic E-state index is 15.3. The molecule has 0 amide bonds. The highest BCUT2D eigenvalue weighted by atomic mass is 19.1. The van der Waals surface area contributed by atoms with Crippen LogP contribution in [0.1, 0.15) is 5.69 Å². The number of benzene rings is 2. The van der Waals surface area contributed by atoms with Crippen LogP contribution in [0.3, 0.4) is 0 Å². The molecular weight excluding hydrogens is 478 g/mol. The number of halogens is 2. The fourth-order valence-electron chi connectivity index (χ4n) is 4.56. The number of nitrogens with zero attached hydrogens (tertiary/aromatic N) is 5. The zero-order valence-electron chi connectivity index (χ0n) is 19.7. The maximum absolute atomic E-state index is 15.3. The fraction of sp³-hybridized carbons (Fsp3) is 0.115. The van der Waals surface area contributed by atoms with Crippen molar-refractivity contribution in [2.24, 2.45) is 0 Å². The minimum Gasteiger partial charge on any atom is -0.436 e. The molecule has 0 saturated heterocycles. The molecule has 0 atom stereocenters. The summed E-state index contributed by atoms with van der Waals surface area (Å²) in [7, 11) is 0. The van der Waals surface area contributed by atoms with Crippen LogP contribution in [0.5, 0.6) is 11.6 Å². The molecule has 6 rings (SSSR count). The van der Waals surface area contributed by atoms with E-state index in [4.69, 9.17) is 16.2 Å². The highest BCUT2D eigenvalue weighted by Gasteiger charge is 2.31. The first kappa shape index (κ1) is 22.5. The number of hydrogen-bond donors (Lipinski definition) is 3. The minimum absolute atomic E-state index is 0.0286. The van der Waals surface area contributed by atoms with E-state index in [-0.39, 0.29) is 17.3 Å². The van der Waals surface area contributed by atoms with Gasteiger partial charge in [-0.3, -0.25) is 10.4 Å². The van der Waals surface area contributed by atoms with E-state index in [1.807, 2.05) is 22.6 Å². The van der Waals surface area contributed by atoms with Crippen LogP contribution in [-0.2, 0) is 6.54 Å². The molecular formula is C26H22F2N8O. The van der Waals surface area contributed by atoms with Crippen LogP contribution in [0.2, 0.25) is 0 Å². The Labute approximate surface area is 210 Å². The number of hydrazine groups is 1. The monoisotopic (exact) mass is 500 g/mol. The number of ether oxygens (including phenoxy) is 1. The average molecular weight is 501 g/mol. The molecule has 5 N–H and O–H groups in total. The van der Waals surface area contributed by atoms with E-state index < -0.39 is 11.6 Å². The zero-order valence-corrected chi connectivity index (χ0v) is 19.7. The molecule has 186 valence electrons. The van der Waals surface area contributed by atoms with E-state index in [1.54, 1.807) is 30.3 Å². The summed E-state index contributed by atoms with van der Waals surface area (Å²) in [4.78, 5) is 12.9. The Balaban J connectivity index is 1.44. The lowest BCUT2D eigenvalue weighted by atomic mass is 10.0. The van der Waals surface area contributed by atoms with Gasteiger partial charge in [-0.05, 0) is 48.9 Å². The van der Waals surface area contributed by atoms with E-state index in [9.17, 15) is 4.39 Å². The van der Waals surface area contributed by atoms with Gasteiger partial charge in [-0.2, -0.15) is 0 Å². The van der Waals surface area contributed by atoms with Gasteiger partial charge < -0.3 is 20.8 Å². The van der Waals surface area contributed by atoms with Crippen LogP contribution in [0, 0.1) is 18.6 Å². The predicted molar refractivity (Wildman–Crippen MR) is 138 cm³/mol. The summed E-state index contributed by atoms with van der Waals surface area (Å²) in [6, 6.07) is 14.4. The second-order valence-corrected chi connectivity index (χ2v) is 8.67. The summed E-state index contributed by atoms with van der Waals surface area (Å²) in [6.45, 7) is 2.99. The van der Waals surface area contributed by atoms with Crippen molar-refractivity contribution >= 4 is 34.0 Å². The molecule has 5 aromatic rings. The molecule has 0 unspecified atom stereocenters. The number of fused-ring (bicyclic) bond motifs is 3. The van der Waals surface area contributed by atoms with E-state index >= 15 is 4.39 Å². The molecule has 0 fully saturated rings. The van der Waals surface area contributed by atoms with E-state index in [0.29, 0.717) is 46.8 Å². The van der Waals surface area contributed by atoms with Crippen molar-refractivity contribution in [2.75, 3.05) is 28.4 Å². The van der Waals surface area contributed by atoms with Gasteiger partial charge in [0.15, 0.2) is 11.6 Å². The third-order valence-electron chi connectivity index (χ3n) is 6.20. The van der Waals surface area contributed by atoms with Crippen LogP contribution in [0.4, 0.5) is 31.8 Å². The first-order chi connectivity index (χ1) is 17.9. The van der Waals surface area contributed by atoms with E-state index in [0.717, 1.165) is 11.5 Å². The van der Waals surface area contributed by atoms with Gasteiger partial charge in [-0.25, -0.2) is 23.7 Å². The smallest absolute Gasteiger partial charge is 0.219 e. The topological polar surface area (TPSA) is 120 Å². The largest absolute Gasteiger partial charge is 0.436 e. The van der Waals surface area contributed by atoms with E-state index in [1.165, 1.54) is 24.5 Å². The number of aryl methyl sites for hydroxylation is 1. The van der Waals surface area contributed by atoms with Crippen LogP contribution in [0.15, 0.2) is 60.9 Å². The molecule has 37 heavy (non-hydrogen) atoms. The lowest BCUT2D eigenvalue weighted by Gasteiger charge is -2.22. The Hall–Kier alpha value is -4.93. The minimum atomic E-state index is -0.562. The SMILES string of the molecule is Cc1cccc(Oc2ccc(-c3c4n(c5ncnc(N)c35)CCN4Nc3ccc(F)c(N)c3)cc2F)n1. The van der Waals surface area contributed by atoms with Crippen molar-refractivity contribution in [2.45, 2.75) is 13.5 Å². The highest BCUT2D eigenvalue weighted by molar-refractivity contribution is 6.07. The Morgan fingerprint density at radius 2 is 1.84 bits per heavy atom. The Bertz CT molecular complexity index is 1670. The molecule has 11 heteroatoms. The number of anilines is 4. The normalized spacial score (nSPS) is 12.7. The van der Waals surface area contributed by atoms with Gasteiger partial charge in [0, 0.05) is 23.9 Å². The van der Waals surface area contributed by atoms with Gasteiger partial charge in [-0.1, -0.05) is 12.1 Å². The van der Waals surface area contributed by atoms with Crippen LogP contribution in [-0.4, -0.2) is 26.1 Å². The Kier molecular flexibility index (Phi) is 5.25. The van der Waals surface area contributed by atoms with Crippen LogP contribution in [0.25, 0.3) is 22.2 Å². The third kappa shape index (κ3) is 3.90. The van der Waals surface area contributed by atoms with Crippen molar-refractivity contribution < 1.29 is 13.5 Å². The maximum Gasteiger partial charge on any atom is 0.219 e. The van der Waals surface area contributed by atoms with Gasteiger partial charge >= 0.3 is 0 Å². The number of nitrogen functional groups attached to an aromatic ring is 2. The van der Waals surface area contributed by atoms with Crippen LogP contribution >= 0.6 is 0 Å². The molecule has 0 spiro atoms. The fourth-order valence-corrected chi connectivity index (χ4v) is 4.56. The first-order valence-electron chi connectivity index (χ1n) is 11.5. The summed E-state index contributed by atoms with van der Waals surface area (Å²) in [5.74, 6) is 0.282. The molecule has 9 nitrogen and oxygen atoms in total. The van der Waals surface area contributed by atoms with Gasteiger partial charge in [-0.15, -0.1) is 0 Å². The summed E-state index contributed by atoms with van der Waals surface area (Å²) in [5, 5.41) is 2.48. The highest BCUT2D eigenvalue weighted by Crippen LogP contribution is 2.45. The van der Waals surface area contributed by atoms with Gasteiger partial charge in [0.25, 0.3) is 0 Å². The second kappa shape index (κ2) is 8.63. The summed E-state index contributed by atoms with van der Waals surface area (Å²) < 4.78 is 36.7. The average Bonchev–Trinajstić information content (AvgIpc) is 3.42. The lowest BCUT2D eigenvalue weighted by Crippen LogP contribution is -2.28. The summed E-state index contributed by atoms with van der Waals surface area (Å²) in [5.41, 5.74) is 18.6. The number of nitrogens with two attached hydrogens (primary N) is 2. The standard InChI is InChI=1S/C26H22F2N8O/c1-14-3-2-4-21(33-14)37-20-8-5-15(11-18(20)28)22-23-24(30)31-13-32-25(23)35-9-10-36(26(22)35)34-16-6-7-17(27)19(29)12-16/h2-8,11-13,34H,9-10,29H2,1H3,(H2,30,31,32). The zero-order chi connectivity index (χ0) is 25.7. The number of rotatable bonds is 5. The molecule has 2 aromatic carbocycles. The molecule has 0 radical (unpaired) electrons. The van der Waals surface area contributed by atoms with Crippen molar-refractivity contribution in [3.63, 3.8) is 0 Å². The quantitative estimate of drug-likeness (QED) is 0.292. The molecule has 0 bridgehead atoms. The molecule has 1 aliphatic heterocycles. The molecule has 4 heterocycles. The lowest BCUT2D eigenvalue weighted by molar-refractivity contribution is 0.427. The van der Waals surface area contributed by atoms with Crippen molar-refractivity contribution in [1.82, 2.24) is 19.5 Å². The Morgan fingerprint density at radius 3 is 2.62 bits per heavy atom. The van der Waals surface area contributed by atoms with Gasteiger partial charge in [0.2, 0.25) is 5.88 Å². The Morgan fingerprint density at radius 1 is 0.973 bits per heavy atom. The van der Waals surface area contributed by atoms with E-state index in [2.05, 4.69) is 20.4 Å². The summed E-state index contributed by atoms with van der Waals surface area (Å²) >= 11 is 0. The summed E-state index contributed by atoms with van der Waals surface area (Å²) in [6.07, 6.45) is 1.40. The third-order valence-corrected chi connectivity index (χ3v) is 6.20. The van der Waals surface area contributed by atoms with Gasteiger partial charge in [0.05, 0.1) is 23.3 Å². The van der Waals surface area contributed by atoms with Crippen molar-refractivity contribution in [3.05, 3.63) is 78.3 Å². The number of pyridine rings is 1. The first-order valence-corrected chi connectivity index (χ1v) is 11.5. The predicted octanol–water partition coefficient (Wildman–Crippen LogP) is 4.88. The van der Waals surface area contributed by atoms with Crippen molar-refractivity contribution in [1.29, 1.82) is 0 Å². The number of nitrogens with one attached hydrogen (secondary N) is 1. The number of aromatic nitrogens is 4. The van der Waals surface area contributed by atoms with Crippen LogP contribution < -0.4 is 26.6 Å². The van der Waals surface area contributed by atoms with Gasteiger partial charge in [0.1, 0.15) is 29.4 Å². The molecule has 0 saturated carbocycles.